The number of likely N-dealkylation sites (tertiary alicyclic amines) is 1. The molecule has 23 heavy (non-hydrogen) atoms. The van der Waals surface area contributed by atoms with Gasteiger partial charge in [0.25, 0.3) is 0 Å². The first kappa shape index (κ1) is 18.2. The molecule has 1 fully saturated rings. The van der Waals surface area contributed by atoms with E-state index in [1.54, 1.807) is 11.3 Å². The summed E-state index contributed by atoms with van der Waals surface area (Å²) >= 11 is 1.78. The predicted octanol–water partition coefficient (Wildman–Crippen LogP) is 3.76. The lowest BCUT2D eigenvalue weighted by atomic mass is 10.0. The number of nitrogens with zero attached hydrogens (tertiary/aromatic N) is 2. The van der Waals surface area contributed by atoms with Crippen LogP contribution in [0.2, 0.25) is 0 Å². The third kappa shape index (κ3) is 5.46. The minimum Gasteiger partial charge on any atom is -0.444 e. The minimum absolute atomic E-state index is 0.198. The van der Waals surface area contributed by atoms with Gasteiger partial charge in [-0.3, -0.25) is 0 Å². The molecule has 1 amide bonds. The molecule has 1 saturated heterocycles. The van der Waals surface area contributed by atoms with Gasteiger partial charge in [0.15, 0.2) is 0 Å². The van der Waals surface area contributed by atoms with E-state index in [0.29, 0.717) is 6.04 Å². The Balaban J connectivity index is 1.79. The van der Waals surface area contributed by atoms with Crippen molar-refractivity contribution in [3.05, 3.63) is 16.1 Å². The Morgan fingerprint density at radius 2 is 2.13 bits per heavy atom. The van der Waals surface area contributed by atoms with Crippen LogP contribution in [0.5, 0.6) is 0 Å². The van der Waals surface area contributed by atoms with Crippen LogP contribution in [0.3, 0.4) is 0 Å². The number of ether oxygens (including phenoxy) is 1. The number of nitrogens with one attached hydrogen (secondary N) is 1. The van der Waals surface area contributed by atoms with E-state index in [4.69, 9.17) is 4.74 Å². The maximum absolute atomic E-state index is 12.1. The van der Waals surface area contributed by atoms with E-state index in [1.165, 1.54) is 4.88 Å². The largest absolute Gasteiger partial charge is 0.444 e. The van der Waals surface area contributed by atoms with Gasteiger partial charge in [-0.2, -0.15) is 0 Å². The first-order valence-corrected chi connectivity index (χ1v) is 9.28. The molecule has 1 atom stereocenters. The first-order chi connectivity index (χ1) is 10.8. The monoisotopic (exact) mass is 339 g/mol. The van der Waals surface area contributed by atoms with Crippen molar-refractivity contribution in [3.8, 4) is 0 Å². The summed E-state index contributed by atoms with van der Waals surface area (Å²) in [6, 6.07) is 0.691. The van der Waals surface area contributed by atoms with Gasteiger partial charge in [-0.25, -0.2) is 9.78 Å². The van der Waals surface area contributed by atoms with Gasteiger partial charge >= 0.3 is 6.09 Å². The zero-order chi connectivity index (χ0) is 17.0. The smallest absolute Gasteiger partial charge is 0.410 e. The van der Waals surface area contributed by atoms with Gasteiger partial charge in [0.2, 0.25) is 0 Å². The summed E-state index contributed by atoms with van der Waals surface area (Å²) in [5.74, 6) is 0. The van der Waals surface area contributed by atoms with Crippen molar-refractivity contribution < 1.29 is 9.53 Å². The van der Waals surface area contributed by atoms with Crippen molar-refractivity contribution in [2.45, 2.75) is 71.6 Å². The topological polar surface area (TPSA) is 54.5 Å². The quantitative estimate of drug-likeness (QED) is 0.907. The highest BCUT2D eigenvalue weighted by Gasteiger charge is 2.27. The lowest BCUT2D eigenvalue weighted by molar-refractivity contribution is 0.0196. The van der Waals surface area contributed by atoms with Crippen LogP contribution >= 0.6 is 11.3 Å². The number of carbonyl (C=O) groups is 1. The average Bonchev–Trinajstić information content (AvgIpc) is 2.95. The Labute approximate surface area is 143 Å². The number of hydrogen-bond acceptors (Lipinski definition) is 5. The van der Waals surface area contributed by atoms with Crippen LogP contribution < -0.4 is 5.32 Å². The van der Waals surface area contributed by atoms with E-state index >= 15 is 0 Å². The van der Waals surface area contributed by atoms with Crippen molar-refractivity contribution in [2.75, 3.05) is 13.1 Å². The number of aromatic nitrogens is 1. The minimum atomic E-state index is -0.428. The lowest BCUT2D eigenvalue weighted by Gasteiger charge is -2.34. The molecule has 0 aromatic carbocycles. The number of thiazole rings is 1. The molecular weight excluding hydrogens is 310 g/mol. The average molecular weight is 340 g/mol. The fourth-order valence-electron chi connectivity index (χ4n) is 2.67. The van der Waals surface area contributed by atoms with Crippen LogP contribution in [0.25, 0.3) is 0 Å². The van der Waals surface area contributed by atoms with Crippen molar-refractivity contribution in [3.63, 3.8) is 0 Å². The van der Waals surface area contributed by atoms with Gasteiger partial charge in [0, 0.05) is 30.2 Å². The molecule has 0 radical (unpaired) electrons. The van der Waals surface area contributed by atoms with Gasteiger partial charge in [-0.15, -0.1) is 11.3 Å². The molecule has 0 aliphatic carbocycles. The van der Waals surface area contributed by atoms with E-state index in [1.807, 2.05) is 31.9 Å². The molecule has 1 aromatic rings. The second kappa shape index (κ2) is 7.62. The molecule has 1 N–H and O–H groups in total. The van der Waals surface area contributed by atoms with E-state index in [0.717, 1.165) is 37.4 Å². The second-order valence-electron chi connectivity index (χ2n) is 7.15. The lowest BCUT2D eigenvalue weighted by Crippen LogP contribution is -2.46. The highest BCUT2D eigenvalue weighted by atomic mass is 32.1. The molecule has 1 aromatic heterocycles. The fourth-order valence-corrected chi connectivity index (χ4v) is 3.53. The molecule has 1 unspecified atom stereocenters. The molecule has 2 rings (SSSR count). The van der Waals surface area contributed by atoms with Crippen LogP contribution in [0.4, 0.5) is 4.79 Å². The molecule has 6 heteroatoms. The summed E-state index contributed by atoms with van der Waals surface area (Å²) in [5.41, 5.74) is -0.428. The normalized spacial score (nSPS) is 18.0. The molecule has 1 aliphatic heterocycles. The number of piperidine rings is 1. The summed E-state index contributed by atoms with van der Waals surface area (Å²) in [6.45, 7) is 11.5. The molecular formula is C17H29N3O2S. The van der Waals surface area contributed by atoms with Crippen molar-refractivity contribution in [1.29, 1.82) is 0 Å². The number of rotatable bonds is 4. The number of hydrogen-bond donors (Lipinski definition) is 1. The number of amides is 1. The Hall–Kier alpha value is -1.14. The Kier molecular flexibility index (Phi) is 6.03. The predicted molar refractivity (Wildman–Crippen MR) is 93.9 cm³/mol. The third-order valence-corrected chi connectivity index (χ3v) is 5.25. The van der Waals surface area contributed by atoms with Gasteiger partial charge in [0.05, 0.1) is 6.04 Å². The summed E-state index contributed by atoms with van der Waals surface area (Å²) in [6.07, 6.45) is 4.73. The standard InChI is InChI=1S/C17H29N3O2S/c1-6-14-11-18-15(23-14)12(2)19-13-7-9-20(10-8-13)16(21)22-17(3,4)5/h11-13,19H,6-10H2,1-5H3. The van der Waals surface area contributed by atoms with Gasteiger partial charge in [0.1, 0.15) is 10.6 Å². The van der Waals surface area contributed by atoms with E-state index < -0.39 is 5.60 Å². The van der Waals surface area contributed by atoms with Crippen molar-refractivity contribution >= 4 is 17.4 Å². The van der Waals surface area contributed by atoms with Gasteiger partial charge < -0.3 is 15.0 Å². The number of carbonyl (C=O) groups excluding carboxylic acids is 1. The highest BCUT2D eigenvalue weighted by molar-refractivity contribution is 7.11. The molecule has 0 bridgehead atoms. The molecule has 0 saturated carbocycles. The van der Waals surface area contributed by atoms with E-state index in [9.17, 15) is 4.79 Å². The fraction of sp³-hybridized carbons (Fsp3) is 0.765. The third-order valence-electron chi connectivity index (χ3n) is 3.92. The Morgan fingerprint density at radius 3 is 2.65 bits per heavy atom. The first-order valence-electron chi connectivity index (χ1n) is 8.47. The summed E-state index contributed by atoms with van der Waals surface area (Å²) in [5, 5.41) is 4.80. The van der Waals surface area contributed by atoms with Crippen LogP contribution in [0.1, 0.15) is 63.4 Å². The van der Waals surface area contributed by atoms with Crippen molar-refractivity contribution in [2.24, 2.45) is 0 Å². The maximum atomic E-state index is 12.1. The number of aryl methyl sites for hydroxylation is 1. The van der Waals surface area contributed by atoms with Crippen LogP contribution in [-0.2, 0) is 11.2 Å². The zero-order valence-corrected chi connectivity index (χ0v) is 15.7. The Morgan fingerprint density at radius 1 is 1.48 bits per heavy atom. The molecule has 0 spiro atoms. The highest BCUT2D eigenvalue weighted by Crippen LogP contribution is 2.23. The second-order valence-corrected chi connectivity index (χ2v) is 8.30. The summed E-state index contributed by atoms with van der Waals surface area (Å²) < 4.78 is 5.44. The van der Waals surface area contributed by atoms with Crippen LogP contribution in [0.15, 0.2) is 6.20 Å². The van der Waals surface area contributed by atoms with Gasteiger partial charge in [-0.05, 0) is 47.0 Å². The summed E-state index contributed by atoms with van der Waals surface area (Å²) in [7, 11) is 0. The van der Waals surface area contributed by atoms with E-state index in [2.05, 4.69) is 24.1 Å². The summed E-state index contributed by atoms with van der Waals surface area (Å²) in [4.78, 5) is 19.7. The molecule has 1 aliphatic rings. The Bertz CT molecular complexity index is 516. The molecule has 5 nitrogen and oxygen atoms in total. The van der Waals surface area contributed by atoms with Crippen LogP contribution in [-0.4, -0.2) is 40.7 Å². The molecule has 2 heterocycles. The zero-order valence-electron chi connectivity index (χ0n) is 14.9. The maximum Gasteiger partial charge on any atom is 0.410 e. The molecule has 130 valence electrons. The van der Waals surface area contributed by atoms with Crippen molar-refractivity contribution in [1.82, 2.24) is 15.2 Å². The SMILES string of the molecule is CCc1cnc(C(C)NC2CCN(C(=O)OC(C)(C)C)CC2)s1. The van der Waals surface area contributed by atoms with Crippen LogP contribution in [0, 0.1) is 0 Å². The van der Waals surface area contributed by atoms with E-state index in [-0.39, 0.29) is 12.1 Å². The van der Waals surface area contributed by atoms with Gasteiger partial charge in [-0.1, -0.05) is 6.92 Å².